The van der Waals surface area contributed by atoms with Gasteiger partial charge < -0.3 is 14.7 Å². The predicted octanol–water partition coefficient (Wildman–Crippen LogP) is 4.72. The van der Waals surface area contributed by atoms with E-state index in [1.165, 1.54) is 24.0 Å². The van der Waals surface area contributed by atoms with E-state index in [4.69, 9.17) is 16.3 Å². The lowest BCUT2D eigenvalue weighted by molar-refractivity contribution is -0.165. The lowest BCUT2D eigenvalue weighted by Gasteiger charge is -2.45. The van der Waals surface area contributed by atoms with Crippen LogP contribution in [0.25, 0.3) is 10.8 Å². The molecule has 3 aromatic carbocycles. The summed E-state index contributed by atoms with van der Waals surface area (Å²) in [6.07, 6.45) is 0.00612. The first-order valence-electron chi connectivity index (χ1n) is 13.1. The van der Waals surface area contributed by atoms with Gasteiger partial charge in [-0.3, -0.25) is 9.59 Å². The molecule has 0 radical (unpaired) electrons. The van der Waals surface area contributed by atoms with E-state index in [0.29, 0.717) is 16.0 Å². The third-order valence-corrected chi connectivity index (χ3v) is 9.94. The van der Waals surface area contributed by atoms with Gasteiger partial charge in [0, 0.05) is 11.6 Å². The molecule has 1 fully saturated rings. The van der Waals surface area contributed by atoms with Gasteiger partial charge in [-0.1, -0.05) is 74.8 Å². The van der Waals surface area contributed by atoms with E-state index in [2.05, 4.69) is 0 Å². The number of carboxylic acids is 1. The van der Waals surface area contributed by atoms with Gasteiger partial charge in [0.1, 0.15) is 24.7 Å². The van der Waals surface area contributed by atoms with Crippen molar-refractivity contribution in [3.8, 4) is 0 Å². The molecule has 0 aromatic heterocycles. The molecule has 1 amide bonds. The number of carboxylic acid groups (broad SMARTS) is 1. The average Bonchev–Trinajstić information content (AvgIpc) is 3.30. The Labute approximate surface area is 244 Å². The number of fused-ring (bicyclic) bond motifs is 1. The Morgan fingerprint density at radius 1 is 1.02 bits per heavy atom. The number of rotatable bonds is 9. The third-order valence-electron chi connectivity index (χ3n) is 7.85. The molecule has 4 rings (SSSR count). The van der Waals surface area contributed by atoms with Crippen LogP contribution in [0, 0.1) is 5.41 Å². The zero-order valence-corrected chi connectivity index (χ0v) is 24.9. The maximum atomic E-state index is 14.1. The van der Waals surface area contributed by atoms with Crippen LogP contribution in [0.5, 0.6) is 0 Å². The molecule has 41 heavy (non-hydrogen) atoms. The number of sulfonamides is 1. The van der Waals surface area contributed by atoms with Crippen molar-refractivity contribution in [3.05, 3.63) is 77.3 Å². The normalized spacial score (nSPS) is 17.6. The number of nitrogens with zero attached hydrogens (tertiary/aromatic N) is 2. The highest BCUT2D eigenvalue weighted by Gasteiger charge is 2.56. The molecule has 1 heterocycles. The van der Waals surface area contributed by atoms with Crippen molar-refractivity contribution in [1.82, 2.24) is 9.21 Å². The van der Waals surface area contributed by atoms with Gasteiger partial charge in [0.25, 0.3) is 0 Å². The van der Waals surface area contributed by atoms with Crippen LogP contribution in [0.2, 0.25) is 5.02 Å². The molecule has 0 aliphatic carbocycles. The quantitative estimate of drug-likeness (QED) is 0.353. The van der Waals surface area contributed by atoms with Gasteiger partial charge >= 0.3 is 11.9 Å². The number of amides is 1. The standard InChI is InChI=1S/C30H33ClN2O7S/c1-29(2,3)30(4,28(36)37)32-15-14-25(27(32)35)33(18-26(34)40-19-20-8-6-5-7-9-20)41(38,39)24-13-11-21-16-23(31)12-10-22(21)17-24/h5-13,16-17,25H,14-15,18-19H2,1-4H3,(H,36,37)/t25-,30+/m0/s1. The van der Waals surface area contributed by atoms with Crippen LogP contribution in [0.4, 0.5) is 0 Å². The maximum absolute atomic E-state index is 14.1. The molecule has 9 nitrogen and oxygen atoms in total. The van der Waals surface area contributed by atoms with Gasteiger partial charge in [-0.15, -0.1) is 0 Å². The molecule has 0 bridgehead atoms. The second-order valence-corrected chi connectivity index (χ2v) is 13.6. The molecule has 218 valence electrons. The lowest BCUT2D eigenvalue weighted by Crippen LogP contribution is -2.62. The molecule has 1 saturated heterocycles. The number of carbonyl (C=O) groups is 3. The van der Waals surface area contributed by atoms with E-state index in [0.717, 1.165) is 9.69 Å². The van der Waals surface area contributed by atoms with Crippen molar-refractivity contribution in [3.63, 3.8) is 0 Å². The van der Waals surface area contributed by atoms with Gasteiger partial charge in [-0.2, -0.15) is 4.31 Å². The monoisotopic (exact) mass is 600 g/mol. The molecule has 1 N–H and O–H groups in total. The number of aliphatic carboxylic acids is 1. The predicted molar refractivity (Wildman–Crippen MR) is 155 cm³/mol. The molecular formula is C30H33ClN2O7S. The molecule has 11 heteroatoms. The Morgan fingerprint density at radius 3 is 2.29 bits per heavy atom. The van der Waals surface area contributed by atoms with Crippen LogP contribution in [0.3, 0.4) is 0 Å². The van der Waals surface area contributed by atoms with Gasteiger partial charge in [-0.25, -0.2) is 13.2 Å². The van der Waals surface area contributed by atoms with E-state index >= 15 is 0 Å². The summed E-state index contributed by atoms with van der Waals surface area (Å²) in [5.41, 5.74) is -1.78. The van der Waals surface area contributed by atoms with Gasteiger partial charge in [0.05, 0.1) is 4.90 Å². The Morgan fingerprint density at radius 2 is 1.66 bits per heavy atom. The van der Waals surface area contributed by atoms with Crippen LogP contribution in [-0.2, 0) is 35.8 Å². The number of esters is 1. The highest BCUT2D eigenvalue weighted by molar-refractivity contribution is 7.89. The van der Waals surface area contributed by atoms with Crippen molar-refractivity contribution in [2.75, 3.05) is 13.1 Å². The van der Waals surface area contributed by atoms with Crippen molar-refractivity contribution in [2.24, 2.45) is 5.41 Å². The van der Waals surface area contributed by atoms with E-state index < -0.39 is 51.4 Å². The summed E-state index contributed by atoms with van der Waals surface area (Å²) in [6.45, 7) is 5.78. The fourth-order valence-electron chi connectivity index (χ4n) is 4.98. The molecule has 1 aliphatic heterocycles. The lowest BCUT2D eigenvalue weighted by atomic mass is 9.73. The zero-order valence-electron chi connectivity index (χ0n) is 23.3. The summed E-state index contributed by atoms with van der Waals surface area (Å²) in [6, 6.07) is 17.1. The fraction of sp³-hybridized carbons (Fsp3) is 0.367. The minimum Gasteiger partial charge on any atom is -0.479 e. The molecule has 0 unspecified atom stereocenters. The zero-order chi connectivity index (χ0) is 30.2. The molecule has 2 atom stereocenters. The van der Waals surface area contributed by atoms with E-state index in [9.17, 15) is 27.9 Å². The third kappa shape index (κ3) is 5.95. The number of hydrogen-bond donors (Lipinski definition) is 1. The maximum Gasteiger partial charge on any atom is 0.329 e. The fourth-order valence-corrected chi connectivity index (χ4v) is 6.75. The van der Waals surface area contributed by atoms with E-state index in [1.54, 1.807) is 69.3 Å². The average molecular weight is 601 g/mol. The number of carbonyl (C=O) groups excluding carboxylic acids is 2. The van der Waals surface area contributed by atoms with Crippen molar-refractivity contribution in [2.45, 2.75) is 57.2 Å². The molecule has 3 aromatic rings. The summed E-state index contributed by atoms with van der Waals surface area (Å²) in [5.74, 6) is -2.73. The molecule has 0 saturated carbocycles. The first-order chi connectivity index (χ1) is 19.2. The van der Waals surface area contributed by atoms with Crippen LogP contribution in [0.1, 0.15) is 39.7 Å². The summed E-state index contributed by atoms with van der Waals surface area (Å²) in [5, 5.41) is 12.0. The topological polar surface area (TPSA) is 121 Å². The Hall–Kier alpha value is -3.47. The summed E-state index contributed by atoms with van der Waals surface area (Å²) >= 11 is 6.08. The van der Waals surface area contributed by atoms with Crippen LogP contribution < -0.4 is 0 Å². The highest BCUT2D eigenvalue weighted by Crippen LogP contribution is 2.40. The number of likely N-dealkylation sites (tertiary alicyclic amines) is 1. The van der Waals surface area contributed by atoms with Crippen LogP contribution >= 0.6 is 11.6 Å². The SMILES string of the molecule is CC(C)(C)[C@@](C)(C(=O)O)N1CC[C@H](N(CC(=O)OCc2ccccc2)S(=O)(=O)c2ccc3cc(Cl)ccc3c2)C1=O. The Balaban J connectivity index is 1.71. The first-order valence-corrected chi connectivity index (χ1v) is 14.9. The smallest absolute Gasteiger partial charge is 0.329 e. The summed E-state index contributed by atoms with van der Waals surface area (Å²) < 4.78 is 34.4. The minimum atomic E-state index is -4.42. The second-order valence-electron chi connectivity index (χ2n) is 11.3. The minimum absolute atomic E-state index is 0.00483. The highest BCUT2D eigenvalue weighted by atomic mass is 35.5. The molecule has 1 aliphatic rings. The Bertz CT molecular complexity index is 1590. The summed E-state index contributed by atoms with van der Waals surface area (Å²) in [4.78, 5) is 40.3. The number of halogens is 1. The summed E-state index contributed by atoms with van der Waals surface area (Å²) in [7, 11) is -4.42. The second kappa shape index (κ2) is 11.4. The Kier molecular flexibility index (Phi) is 8.50. The number of hydrogen-bond acceptors (Lipinski definition) is 6. The first kappa shape index (κ1) is 30.5. The molecular weight excluding hydrogens is 568 g/mol. The number of benzene rings is 3. The van der Waals surface area contributed by atoms with Gasteiger partial charge in [0.2, 0.25) is 15.9 Å². The van der Waals surface area contributed by atoms with Crippen molar-refractivity contribution in [1.29, 1.82) is 0 Å². The van der Waals surface area contributed by atoms with Crippen molar-refractivity contribution < 1.29 is 32.6 Å². The van der Waals surface area contributed by atoms with Crippen molar-refractivity contribution >= 4 is 50.2 Å². The van der Waals surface area contributed by atoms with Gasteiger partial charge in [0.15, 0.2) is 0 Å². The van der Waals surface area contributed by atoms with Gasteiger partial charge in [-0.05, 0) is 59.4 Å². The molecule has 0 spiro atoms. The van der Waals surface area contributed by atoms with E-state index in [1.807, 2.05) is 6.07 Å². The van der Waals surface area contributed by atoms with Crippen LogP contribution in [0.15, 0.2) is 71.6 Å². The van der Waals surface area contributed by atoms with E-state index in [-0.39, 0.29) is 24.5 Å². The number of ether oxygens (including phenoxy) is 1. The largest absolute Gasteiger partial charge is 0.479 e. The van der Waals surface area contributed by atoms with Crippen LogP contribution in [-0.4, -0.2) is 65.2 Å².